The Bertz CT molecular complexity index is 647. The number of halogens is 1. The van der Waals surface area contributed by atoms with Crippen molar-refractivity contribution in [3.8, 4) is 0 Å². The third-order valence-corrected chi connectivity index (χ3v) is 3.75. The topological polar surface area (TPSA) is 59.2 Å². The fourth-order valence-corrected chi connectivity index (χ4v) is 2.37. The predicted octanol–water partition coefficient (Wildman–Crippen LogP) is 3.47. The first-order valence-corrected chi connectivity index (χ1v) is 7.61. The van der Waals surface area contributed by atoms with Crippen LogP contribution in [0.2, 0.25) is 5.02 Å². The predicted molar refractivity (Wildman–Crippen MR) is 85.2 cm³/mol. The van der Waals surface area contributed by atoms with Crippen LogP contribution in [0.15, 0.2) is 22.7 Å². The van der Waals surface area contributed by atoms with Gasteiger partial charge in [0, 0.05) is 25.9 Å². The fourth-order valence-electron chi connectivity index (χ4n) is 2.07. The maximum absolute atomic E-state index is 12.5. The Balaban J connectivity index is 2.02. The molecule has 0 bridgehead atoms. The molecule has 0 unspecified atom stereocenters. The standard InChI is InChI=1S/C16H20ClN3O2/c1-10(2)15-18-13(19-22-15)8-9-20(4)16(21)14-11(3)6-5-7-12(14)17/h5-7,10H,8-9H2,1-4H3. The Morgan fingerprint density at radius 1 is 1.41 bits per heavy atom. The van der Waals surface area contributed by atoms with Crippen LogP contribution in [-0.2, 0) is 6.42 Å². The van der Waals surface area contributed by atoms with Crippen LogP contribution in [0.3, 0.4) is 0 Å². The molecule has 1 aromatic heterocycles. The minimum absolute atomic E-state index is 0.101. The molecule has 2 aromatic rings. The molecule has 5 nitrogen and oxygen atoms in total. The van der Waals surface area contributed by atoms with Crippen molar-refractivity contribution < 1.29 is 9.32 Å². The summed E-state index contributed by atoms with van der Waals surface area (Å²) in [5, 5.41) is 4.40. The third-order valence-electron chi connectivity index (χ3n) is 3.43. The second-order valence-corrected chi connectivity index (χ2v) is 6.02. The summed E-state index contributed by atoms with van der Waals surface area (Å²) < 4.78 is 5.16. The lowest BCUT2D eigenvalue weighted by atomic mass is 10.1. The second-order valence-electron chi connectivity index (χ2n) is 5.61. The van der Waals surface area contributed by atoms with Gasteiger partial charge in [-0.1, -0.05) is 42.7 Å². The molecule has 0 spiro atoms. The molecule has 1 aromatic carbocycles. The lowest BCUT2D eigenvalue weighted by Crippen LogP contribution is -2.29. The van der Waals surface area contributed by atoms with E-state index in [1.54, 1.807) is 18.0 Å². The van der Waals surface area contributed by atoms with E-state index in [2.05, 4.69) is 10.1 Å². The van der Waals surface area contributed by atoms with Gasteiger partial charge in [-0.25, -0.2) is 0 Å². The van der Waals surface area contributed by atoms with Crippen LogP contribution in [0.25, 0.3) is 0 Å². The summed E-state index contributed by atoms with van der Waals surface area (Å²) in [6.45, 7) is 6.36. The van der Waals surface area contributed by atoms with Crippen molar-refractivity contribution in [2.75, 3.05) is 13.6 Å². The molecule has 2 rings (SSSR count). The summed E-state index contributed by atoms with van der Waals surface area (Å²) in [5.74, 6) is 1.33. The number of carbonyl (C=O) groups excluding carboxylic acids is 1. The van der Waals surface area contributed by atoms with Crippen LogP contribution >= 0.6 is 11.6 Å². The quantitative estimate of drug-likeness (QED) is 0.846. The highest BCUT2D eigenvalue weighted by atomic mass is 35.5. The van der Waals surface area contributed by atoms with Crippen molar-refractivity contribution in [2.24, 2.45) is 0 Å². The minimum atomic E-state index is -0.101. The van der Waals surface area contributed by atoms with E-state index in [1.807, 2.05) is 32.9 Å². The molecule has 6 heteroatoms. The maximum atomic E-state index is 12.5. The Kier molecular flexibility index (Phi) is 5.19. The van der Waals surface area contributed by atoms with Crippen molar-refractivity contribution >= 4 is 17.5 Å². The first-order chi connectivity index (χ1) is 10.4. The molecule has 0 saturated carbocycles. The highest BCUT2D eigenvalue weighted by molar-refractivity contribution is 6.34. The van der Waals surface area contributed by atoms with Crippen molar-refractivity contribution in [1.29, 1.82) is 0 Å². The summed E-state index contributed by atoms with van der Waals surface area (Å²) in [6.07, 6.45) is 0.544. The molecule has 118 valence electrons. The van der Waals surface area contributed by atoms with Gasteiger partial charge in [-0.3, -0.25) is 4.79 Å². The number of aryl methyl sites for hydroxylation is 1. The lowest BCUT2D eigenvalue weighted by Gasteiger charge is -2.18. The molecule has 1 heterocycles. The molecule has 0 fully saturated rings. The van der Waals surface area contributed by atoms with Gasteiger partial charge >= 0.3 is 0 Å². The second kappa shape index (κ2) is 6.92. The van der Waals surface area contributed by atoms with Crippen LogP contribution in [0, 0.1) is 6.92 Å². The average Bonchev–Trinajstić information content (AvgIpc) is 2.93. The number of hydrogen-bond donors (Lipinski definition) is 0. The van der Waals surface area contributed by atoms with E-state index in [0.29, 0.717) is 35.3 Å². The van der Waals surface area contributed by atoms with Crippen molar-refractivity contribution in [3.05, 3.63) is 46.1 Å². The zero-order valence-corrected chi connectivity index (χ0v) is 14.0. The van der Waals surface area contributed by atoms with Crippen molar-refractivity contribution in [2.45, 2.75) is 33.1 Å². The molecular weight excluding hydrogens is 302 g/mol. The molecule has 1 amide bonds. The van der Waals surface area contributed by atoms with Gasteiger partial charge < -0.3 is 9.42 Å². The van der Waals surface area contributed by atoms with E-state index < -0.39 is 0 Å². The molecule has 22 heavy (non-hydrogen) atoms. The van der Waals surface area contributed by atoms with Gasteiger partial charge in [0.15, 0.2) is 5.82 Å². The van der Waals surface area contributed by atoms with Crippen LogP contribution < -0.4 is 0 Å². The average molecular weight is 322 g/mol. The van der Waals surface area contributed by atoms with E-state index in [0.717, 1.165) is 5.56 Å². The van der Waals surface area contributed by atoms with Gasteiger partial charge in [-0.05, 0) is 18.6 Å². The molecule has 0 N–H and O–H groups in total. The Labute approximate surface area is 135 Å². The lowest BCUT2D eigenvalue weighted by molar-refractivity contribution is 0.0795. The maximum Gasteiger partial charge on any atom is 0.255 e. The summed E-state index contributed by atoms with van der Waals surface area (Å²) in [5.41, 5.74) is 1.41. The number of nitrogens with zero attached hydrogens (tertiary/aromatic N) is 3. The number of amides is 1. The Morgan fingerprint density at radius 2 is 2.14 bits per heavy atom. The summed E-state index contributed by atoms with van der Waals surface area (Å²) in [7, 11) is 1.74. The van der Waals surface area contributed by atoms with E-state index in [4.69, 9.17) is 16.1 Å². The van der Waals surface area contributed by atoms with Gasteiger partial charge in [0.05, 0.1) is 10.6 Å². The molecule has 0 atom stereocenters. The zero-order chi connectivity index (χ0) is 16.3. The largest absolute Gasteiger partial charge is 0.341 e. The van der Waals surface area contributed by atoms with Gasteiger partial charge in [-0.15, -0.1) is 0 Å². The van der Waals surface area contributed by atoms with Gasteiger partial charge in [0.25, 0.3) is 5.91 Å². The number of carbonyl (C=O) groups is 1. The number of benzene rings is 1. The number of rotatable bonds is 5. The van der Waals surface area contributed by atoms with E-state index in [1.165, 1.54) is 0 Å². The van der Waals surface area contributed by atoms with Crippen molar-refractivity contribution in [1.82, 2.24) is 15.0 Å². The third kappa shape index (κ3) is 3.65. The molecular formula is C16H20ClN3O2. The Morgan fingerprint density at radius 3 is 2.73 bits per heavy atom. The Hall–Kier alpha value is -1.88. The van der Waals surface area contributed by atoms with E-state index in [-0.39, 0.29) is 11.8 Å². The number of likely N-dealkylation sites (N-methyl/N-ethyl adjacent to an activating group) is 1. The van der Waals surface area contributed by atoms with Crippen molar-refractivity contribution in [3.63, 3.8) is 0 Å². The molecule has 0 aliphatic carbocycles. The van der Waals surface area contributed by atoms with Crippen LogP contribution in [0.5, 0.6) is 0 Å². The normalized spacial score (nSPS) is 11.0. The fraction of sp³-hybridized carbons (Fsp3) is 0.438. The van der Waals surface area contributed by atoms with Gasteiger partial charge in [0.2, 0.25) is 5.89 Å². The summed E-state index contributed by atoms with van der Waals surface area (Å²) in [4.78, 5) is 18.4. The number of hydrogen-bond acceptors (Lipinski definition) is 4. The first kappa shape index (κ1) is 16.5. The highest BCUT2D eigenvalue weighted by Crippen LogP contribution is 2.21. The molecule has 0 saturated heterocycles. The monoisotopic (exact) mass is 321 g/mol. The summed E-state index contributed by atoms with van der Waals surface area (Å²) >= 11 is 6.14. The van der Waals surface area contributed by atoms with Crippen LogP contribution in [0.4, 0.5) is 0 Å². The molecule has 0 aliphatic heterocycles. The van der Waals surface area contributed by atoms with Crippen LogP contribution in [0.1, 0.15) is 47.4 Å². The molecule has 0 aliphatic rings. The SMILES string of the molecule is Cc1cccc(Cl)c1C(=O)N(C)CCc1noc(C(C)C)n1. The zero-order valence-electron chi connectivity index (χ0n) is 13.3. The van der Waals surface area contributed by atoms with Gasteiger partial charge in [0.1, 0.15) is 0 Å². The van der Waals surface area contributed by atoms with E-state index >= 15 is 0 Å². The first-order valence-electron chi connectivity index (χ1n) is 7.23. The molecule has 0 radical (unpaired) electrons. The highest BCUT2D eigenvalue weighted by Gasteiger charge is 2.18. The van der Waals surface area contributed by atoms with E-state index in [9.17, 15) is 4.79 Å². The number of aromatic nitrogens is 2. The summed E-state index contributed by atoms with van der Waals surface area (Å²) in [6, 6.07) is 5.44. The smallest absolute Gasteiger partial charge is 0.255 e. The van der Waals surface area contributed by atoms with Crippen LogP contribution in [-0.4, -0.2) is 34.5 Å². The minimum Gasteiger partial charge on any atom is -0.341 e. The van der Waals surface area contributed by atoms with Gasteiger partial charge in [-0.2, -0.15) is 4.98 Å².